The molecule has 1 aliphatic heterocycles. The van der Waals surface area contributed by atoms with E-state index in [9.17, 15) is 29.9 Å². The fourth-order valence-corrected chi connectivity index (χ4v) is 9.66. The number of nitro benzene ring substituents is 1. The number of allylic oxidation sites excluding steroid dienone is 1. The topological polar surface area (TPSA) is 189 Å². The summed E-state index contributed by atoms with van der Waals surface area (Å²) >= 11 is 0. The van der Waals surface area contributed by atoms with Crippen LogP contribution in [0, 0.1) is 27.9 Å². The number of fused-ring (bicyclic) bond motifs is 2. The zero-order chi connectivity index (χ0) is 47.2. The molecule has 0 unspecified atom stereocenters. The molecule has 0 aromatic heterocycles. The van der Waals surface area contributed by atoms with Gasteiger partial charge in [-0.1, -0.05) is 72.6 Å². The van der Waals surface area contributed by atoms with E-state index in [1.165, 1.54) is 17.0 Å². The first kappa shape index (κ1) is 48.5. The van der Waals surface area contributed by atoms with Gasteiger partial charge in [-0.25, -0.2) is 4.79 Å². The van der Waals surface area contributed by atoms with E-state index in [1.54, 1.807) is 55.6 Å². The average Bonchev–Trinajstić information content (AvgIpc) is 3.34. The van der Waals surface area contributed by atoms with Gasteiger partial charge in [-0.15, -0.1) is 6.58 Å². The number of aliphatic hydroxyl groups is 2. The van der Waals surface area contributed by atoms with E-state index in [0.717, 1.165) is 48.7 Å². The first-order valence-corrected chi connectivity index (χ1v) is 22.9. The fraction of sp³-hybridized carbons (Fsp3) is 0.404. The molecule has 7 rings (SSSR count). The minimum Gasteiger partial charge on any atom is -0.459 e. The molecule has 354 valence electrons. The van der Waals surface area contributed by atoms with Crippen molar-refractivity contribution in [3.8, 4) is 17.2 Å². The van der Waals surface area contributed by atoms with Gasteiger partial charge in [-0.3, -0.25) is 14.9 Å². The van der Waals surface area contributed by atoms with Crippen molar-refractivity contribution in [2.75, 3.05) is 40.1 Å². The third-order valence-electron chi connectivity index (χ3n) is 12.7. The van der Waals surface area contributed by atoms with Crippen LogP contribution in [0.5, 0.6) is 17.2 Å². The van der Waals surface area contributed by atoms with Gasteiger partial charge in [0.15, 0.2) is 0 Å². The number of oxime groups is 1. The lowest BCUT2D eigenvalue weighted by Crippen LogP contribution is -2.69. The van der Waals surface area contributed by atoms with Gasteiger partial charge in [0.25, 0.3) is 5.69 Å². The number of hydrogen-bond donors (Lipinski definition) is 2. The number of ether oxygens (including phenoxy) is 5. The zero-order valence-electron chi connectivity index (χ0n) is 37.8. The Morgan fingerprint density at radius 3 is 2.40 bits per heavy atom. The van der Waals surface area contributed by atoms with Gasteiger partial charge in [0, 0.05) is 55.9 Å². The Hall–Kier alpha value is -6.39. The molecule has 67 heavy (non-hydrogen) atoms. The standard InChI is InChI=1S/C52H59N3O12/c1-3-26-64-52-48(54(2)51(59)63-28-27-62-34-36-12-5-4-6-13-36)32-46(53-65-35-37-18-20-40(21-19-37)55(60)61)44-30-39(15-7-9-24-56)43(17-8-10-25-57)49(50(44)52)45-31-42(22-23-47(45)67-52)66-41-16-11-14-38(29-41)33-58/h3-6,11-14,16,18-23,29-31,33,39,43,48-50,56-57H,1,7-10,15,17,24-28,32,34-35H2,2H3/t39-,43+,48-,49+,50+,52+/m0/s1. The van der Waals surface area contributed by atoms with Crippen molar-refractivity contribution in [1.82, 2.24) is 4.90 Å². The van der Waals surface area contributed by atoms with Crippen LogP contribution in [0.15, 0.2) is 127 Å². The minimum absolute atomic E-state index is 0.00951. The van der Waals surface area contributed by atoms with Crippen LogP contribution in [0.25, 0.3) is 0 Å². The Morgan fingerprint density at radius 1 is 0.925 bits per heavy atom. The molecule has 4 aromatic carbocycles. The Bertz CT molecular complexity index is 2370. The summed E-state index contributed by atoms with van der Waals surface area (Å²) < 4.78 is 32.3. The second-order valence-electron chi connectivity index (χ2n) is 17.0. The molecule has 3 aliphatic rings. The van der Waals surface area contributed by atoms with E-state index < -0.39 is 28.8 Å². The summed E-state index contributed by atoms with van der Waals surface area (Å²) in [7, 11) is 1.65. The highest BCUT2D eigenvalue weighted by Crippen LogP contribution is 2.62. The second kappa shape index (κ2) is 23.4. The van der Waals surface area contributed by atoms with Crippen LogP contribution in [0.3, 0.4) is 0 Å². The van der Waals surface area contributed by atoms with Gasteiger partial charge in [0.2, 0.25) is 5.79 Å². The first-order valence-electron chi connectivity index (χ1n) is 22.9. The Labute approximate surface area is 390 Å². The van der Waals surface area contributed by atoms with Gasteiger partial charge in [-0.2, -0.15) is 0 Å². The van der Waals surface area contributed by atoms with Crippen molar-refractivity contribution < 1.29 is 53.2 Å². The van der Waals surface area contributed by atoms with Gasteiger partial charge in [0.05, 0.1) is 36.4 Å². The maximum absolute atomic E-state index is 14.2. The number of benzene rings is 4. The Morgan fingerprint density at radius 2 is 1.67 bits per heavy atom. The third kappa shape index (κ3) is 11.6. The number of nitrogens with zero attached hydrogens (tertiary/aromatic N) is 3. The van der Waals surface area contributed by atoms with Crippen LogP contribution in [0.1, 0.15) is 77.9 Å². The average molecular weight is 918 g/mol. The van der Waals surface area contributed by atoms with Gasteiger partial charge in [0.1, 0.15) is 42.8 Å². The summed E-state index contributed by atoms with van der Waals surface area (Å²) in [6.07, 6.45) is 8.33. The van der Waals surface area contributed by atoms with E-state index in [4.69, 9.17) is 33.7 Å². The second-order valence-corrected chi connectivity index (χ2v) is 17.0. The number of nitro groups is 1. The number of rotatable bonds is 24. The van der Waals surface area contributed by atoms with Crippen LogP contribution in [-0.2, 0) is 32.3 Å². The molecule has 1 fully saturated rings. The van der Waals surface area contributed by atoms with Crippen LogP contribution in [0.4, 0.5) is 10.5 Å². The van der Waals surface area contributed by atoms with Crippen molar-refractivity contribution in [2.45, 2.75) is 75.9 Å². The van der Waals surface area contributed by atoms with E-state index in [0.29, 0.717) is 53.5 Å². The zero-order valence-corrected chi connectivity index (χ0v) is 37.8. The summed E-state index contributed by atoms with van der Waals surface area (Å²) in [6.45, 7) is 4.68. The highest BCUT2D eigenvalue weighted by atomic mass is 16.7. The number of amides is 1. The van der Waals surface area contributed by atoms with Crippen LogP contribution in [0.2, 0.25) is 0 Å². The van der Waals surface area contributed by atoms with Crippen LogP contribution >= 0.6 is 0 Å². The molecule has 2 N–H and O–H groups in total. The smallest absolute Gasteiger partial charge is 0.410 e. The van der Waals surface area contributed by atoms with Crippen molar-refractivity contribution in [3.63, 3.8) is 0 Å². The van der Waals surface area contributed by atoms with Crippen molar-refractivity contribution >= 4 is 23.8 Å². The van der Waals surface area contributed by atoms with E-state index >= 15 is 0 Å². The number of likely N-dealkylation sites (N-methyl/N-ethyl adjacent to an activating group) is 1. The molecule has 0 spiro atoms. The van der Waals surface area contributed by atoms with Crippen molar-refractivity contribution in [2.24, 2.45) is 22.9 Å². The number of aldehydes is 1. The summed E-state index contributed by atoms with van der Waals surface area (Å²) in [6, 6.07) is 27.5. The van der Waals surface area contributed by atoms with Crippen LogP contribution in [-0.4, -0.2) is 90.0 Å². The summed E-state index contributed by atoms with van der Waals surface area (Å²) in [4.78, 5) is 44.4. The first-order chi connectivity index (χ1) is 32.7. The molecule has 0 bridgehead atoms. The molecule has 1 amide bonds. The molecule has 15 nitrogen and oxygen atoms in total. The summed E-state index contributed by atoms with van der Waals surface area (Å²) in [5.41, 5.74) is 4.34. The summed E-state index contributed by atoms with van der Waals surface area (Å²) in [5, 5.41) is 36.0. The number of unbranched alkanes of at least 4 members (excludes halogenated alkanes) is 2. The minimum atomic E-state index is -1.52. The lowest BCUT2D eigenvalue weighted by Gasteiger charge is -2.59. The molecule has 0 saturated heterocycles. The van der Waals surface area contributed by atoms with Gasteiger partial charge < -0.3 is 43.6 Å². The van der Waals surface area contributed by atoms with Crippen LogP contribution < -0.4 is 9.47 Å². The molecule has 1 saturated carbocycles. The largest absolute Gasteiger partial charge is 0.459 e. The fourth-order valence-electron chi connectivity index (χ4n) is 9.66. The number of carbonyl (C=O) groups excluding carboxylic acids is 2. The number of non-ortho nitro benzene ring substituents is 1. The highest BCUT2D eigenvalue weighted by Gasteiger charge is 2.65. The predicted molar refractivity (Wildman–Crippen MR) is 250 cm³/mol. The maximum atomic E-state index is 14.2. The molecule has 15 heteroatoms. The van der Waals surface area contributed by atoms with E-state index in [-0.39, 0.29) is 69.5 Å². The van der Waals surface area contributed by atoms with Crippen molar-refractivity contribution in [3.05, 3.63) is 154 Å². The SMILES string of the molecule is C=CCO[C@@]12Oc3ccc(Oc4cccc(C=O)c4)cc3[C@H]3[C@H](CCCCO)[C@@H](CCCCO)C=C(C(=NOCc4ccc([N+](=O)[O-])cc4)C[C@@H]1N(C)C(=O)OCCOCc1ccccc1)[C@H]32. The lowest BCUT2D eigenvalue weighted by molar-refractivity contribution is -0.384. The molecule has 2 aliphatic carbocycles. The van der Waals surface area contributed by atoms with Gasteiger partial charge >= 0.3 is 6.09 Å². The molecular formula is C52H59N3O12. The molecule has 6 atom stereocenters. The predicted octanol–water partition coefficient (Wildman–Crippen LogP) is 9.32. The van der Waals surface area contributed by atoms with E-state index in [2.05, 4.69) is 12.7 Å². The normalized spacial score (nSPS) is 22.0. The quantitative estimate of drug-likeness (QED) is 0.0223. The number of hydrogen-bond acceptors (Lipinski definition) is 13. The van der Waals surface area contributed by atoms with E-state index in [1.807, 2.05) is 42.5 Å². The third-order valence-corrected chi connectivity index (χ3v) is 12.7. The number of carbonyl (C=O) groups is 2. The lowest BCUT2D eigenvalue weighted by atomic mass is 9.55. The molecular weight excluding hydrogens is 859 g/mol. The Balaban J connectivity index is 1.32. The Kier molecular flexibility index (Phi) is 16.9. The highest BCUT2D eigenvalue weighted by molar-refractivity contribution is 6.03. The summed E-state index contributed by atoms with van der Waals surface area (Å²) in [5.74, 6) is -0.943. The van der Waals surface area contributed by atoms with Crippen molar-refractivity contribution in [1.29, 1.82) is 0 Å². The molecule has 0 radical (unpaired) electrons. The number of aliphatic hydroxyl groups excluding tert-OH is 2. The monoisotopic (exact) mass is 917 g/mol. The molecule has 4 aromatic rings. The van der Waals surface area contributed by atoms with Gasteiger partial charge in [-0.05, 0) is 96.7 Å². The molecule has 1 heterocycles. The maximum Gasteiger partial charge on any atom is 0.410 e.